The Morgan fingerprint density at radius 1 is 1.03 bits per heavy atom. The predicted octanol–water partition coefficient (Wildman–Crippen LogP) is 3.03. The van der Waals surface area contributed by atoms with Crippen LogP contribution in [-0.4, -0.2) is 41.0 Å². The van der Waals surface area contributed by atoms with Crippen LogP contribution in [-0.2, 0) is 9.53 Å². The van der Waals surface area contributed by atoms with Crippen LogP contribution in [0.4, 0.5) is 0 Å². The molecule has 150 valence electrons. The first kappa shape index (κ1) is 20.3. The number of nitrogens with zero attached hydrogens (tertiary/aromatic N) is 1. The number of Topliss-reactive ketones (excluding diaryl/α,β-unsaturated/α-hetero) is 1. The summed E-state index contributed by atoms with van der Waals surface area (Å²) in [5, 5.41) is 10.2. The summed E-state index contributed by atoms with van der Waals surface area (Å²) in [5.41, 5.74) is 4.56. The molecule has 0 saturated carbocycles. The third-order valence-electron chi connectivity index (χ3n) is 4.81. The highest BCUT2D eigenvalue weighted by Crippen LogP contribution is 2.16. The highest BCUT2D eigenvalue weighted by molar-refractivity contribution is 6.04. The minimum absolute atomic E-state index is 0.0344. The number of H-pyrrole nitrogens is 1. The molecule has 0 saturated heterocycles. The Morgan fingerprint density at radius 2 is 1.76 bits per heavy atom. The number of carbonyl (C=O) groups excluding carboxylic acids is 3. The van der Waals surface area contributed by atoms with Gasteiger partial charge in [-0.15, -0.1) is 0 Å². The van der Waals surface area contributed by atoms with Crippen LogP contribution in [0.1, 0.15) is 44.0 Å². The molecule has 1 amide bonds. The van der Waals surface area contributed by atoms with Crippen LogP contribution < -0.4 is 5.32 Å². The van der Waals surface area contributed by atoms with Gasteiger partial charge in [0.2, 0.25) is 5.78 Å². The molecule has 3 rings (SSSR count). The minimum Gasteiger partial charge on any atom is -0.457 e. The van der Waals surface area contributed by atoms with Gasteiger partial charge >= 0.3 is 5.97 Å². The SMILES string of the molecule is Cc1cc(C)c(C(=O)COC(=O)CCNC(=O)c2n[nH]c3ccccc23)cc1C. The van der Waals surface area contributed by atoms with Crippen molar-refractivity contribution in [3.63, 3.8) is 0 Å². The fraction of sp³-hybridized carbons (Fsp3) is 0.273. The third kappa shape index (κ3) is 4.68. The van der Waals surface area contributed by atoms with Gasteiger partial charge in [0.05, 0.1) is 11.9 Å². The van der Waals surface area contributed by atoms with E-state index in [0.717, 1.165) is 22.2 Å². The van der Waals surface area contributed by atoms with E-state index in [9.17, 15) is 14.4 Å². The molecule has 0 unspecified atom stereocenters. The number of ketones is 1. The van der Waals surface area contributed by atoms with Crippen LogP contribution in [0.5, 0.6) is 0 Å². The molecule has 2 aromatic carbocycles. The fourth-order valence-corrected chi connectivity index (χ4v) is 3.06. The quantitative estimate of drug-likeness (QED) is 0.475. The van der Waals surface area contributed by atoms with E-state index in [0.29, 0.717) is 10.9 Å². The molecule has 0 aliphatic carbocycles. The first-order valence-electron chi connectivity index (χ1n) is 9.35. The van der Waals surface area contributed by atoms with Crippen molar-refractivity contribution in [3.05, 3.63) is 64.3 Å². The smallest absolute Gasteiger partial charge is 0.308 e. The molecule has 0 bridgehead atoms. The number of aromatic amines is 1. The van der Waals surface area contributed by atoms with Gasteiger partial charge in [0.1, 0.15) is 0 Å². The molecule has 1 aromatic heterocycles. The summed E-state index contributed by atoms with van der Waals surface area (Å²) in [6, 6.07) is 11.0. The van der Waals surface area contributed by atoms with Crippen LogP contribution in [0, 0.1) is 20.8 Å². The second-order valence-electron chi connectivity index (χ2n) is 6.96. The zero-order valence-corrected chi connectivity index (χ0v) is 16.7. The highest BCUT2D eigenvalue weighted by atomic mass is 16.5. The molecular formula is C22H23N3O4. The monoisotopic (exact) mass is 393 g/mol. The molecule has 0 radical (unpaired) electrons. The second kappa shape index (κ2) is 8.68. The van der Waals surface area contributed by atoms with Crippen molar-refractivity contribution in [3.8, 4) is 0 Å². The van der Waals surface area contributed by atoms with Gasteiger partial charge in [-0.05, 0) is 49.6 Å². The number of amides is 1. The fourth-order valence-electron chi connectivity index (χ4n) is 3.06. The van der Waals surface area contributed by atoms with Crippen molar-refractivity contribution in [2.24, 2.45) is 0 Å². The van der Waals surface area contributed by atoms with Crippen molar-refractivity contribution in [2.45, 2.75) is 27.2 Å². The number of hydrogen-bond donors (Lipinski definition) is 2. The van der Waals surface area contributed by atoms with Crippen molar-refractivity contribution in [1.82, 2.24) is 15.5 Å². The summed E-state index contributed by atoms with van der Waals surface area (Å²) < 4.78 is 5.06. The summed E-state index contributed by atoms with van der Waals surface area (Å²) in [7, 11) is 0. The van der Waals surface area contributed by atoms with Crippen molar-refractivity contribution in [2.75, 3.05) is 13.2 Å². The van der Waals surface area contributed by atoms with E-state index >= 15 is 0 Å². The number of nitrogens with one attached hydrogen (secondary N) is 2. The Morgan fingerprint density at radius 3 is 2.55 bits per heavy atom. The van der Waals surface area contributed by atoms with Crippen LogP contribution >= 0.6 is 0 Å². The number of fused-ring (bicyclic) bond motifs is 1. The number of benzene rings is 2. The number of rotatable bonds is 7. The number of aromatic nitrogens is 2. The summed E-state index contributed by atoms with van der Waals surface area (Å²) in [4.78, 5) is 36.5. The van der Waals surface area contributed by atoms with Gasteiger partial charge in [-0.2, -0.15) is 5.10 Å². The van der Waals surface area contributed by atoms with Gasteiger partial charge < -0.3 is 10.1 Å². The lowest BCUT2D eigenvalue weighted by Crippen LogP contribution is -2.27. The number of aryl methyl sites for hydroxylation is 3. The van der Waals surface area contributed by atoms with Crippen molar-refractivity contribution < 1.29 is 19.1 Å². The van der Waals surface area contributed by atoms with Crippen LogP contribution in [0.15, 0.2) is 36.4 Å². The Hall–Kier alpha value is -3.48. The topological polar surface area (TPSA) is 101 Å². The van der Waals surface area contributed by atoms with E-state index in [1.54, 1.807) is 6.07 Å². The largest absolute Gasteiger partial charge is 0.457 e. The lowest BCUT2D eigenvalue weighted by Gasteiger charge is -2.10. The molecule has 0 aliphatic rings. The highest BCUT2D eigenvalue weighted by Gasteiger charge is 2.16. The standard InChI is InChI=1S/C22H23N3O4/c1-13-10-15(3)17(11-14(13)2)19(26)12-29-20(27)8-9-23-22(28)21-16-6-4-5-7-18(16)24-25-21/h4-7,10-11H,8-9,12H2,1-3H3,(H,23,28)(H,24,25). The van der Waals surface area contributed by atoms with Gasteiger partial charge in [-0.25, -0.2) is 0 Å². The molecule has 2 N–H and O–H groups in total. The van der Waals surface area contributed by atoms with E-state index in [2.05, 4.69) is 15.5 Å². The molecular weight excluding hydrogens is 370 g/mol. The maximum absolute atomic E-state index is 12.3. The van der Waals surface area contributed by atoms with Crippen LogP contribution in [0.25, 0.3) is 10.9 Å². The maximum atomic E-state index is 12.3. The van der Waals surface area contributed by atoms with E-state index in [4.69, 9.17) is 4.74 Å². The van der Waals surface area contributed by atoms with E-state index in [-0.39, 0.29) is 37.0 Å². The summed E-state index contributed by atoms with van der Waals surface area (Å²) in [6.07, 6.45) is -0.0344. The van der Waals surface area contributed by atoms with E-state index < -0.39 is 5.97 Å². The maximum Gasteiger partial charge on any atom is 0.308 e. The number of para-hydroxylation sites is 1. The Kier molecular flexibility index (Phi) is 6.07. The lowest BCUT2D eigenvalue weighted by molar-refractivity contribution is -0.142. The summed E-state index contributed by atoms with van der Waals surface area (Å²) >= 11 is 0. The Labute approximate surface area is 168 Å². The van der Waals surface area contributed by atoms with Gasteiger partial charge in [0, 0.05) is 17.5 Å². The molecule has 7 heteroatoms. The Bertz CT molecular complexity index is 1080. The van der Waals surface area contributed by atoms with Crippen molar-refractivity contribution in [1.29, 1.82) is 0 Å². The number of ether oxygens (including phenoxy) is 1. The zero-order chi connectivity index (χ0) is 21.0. The summed E-state index contributed by atoms with van der Waals surface area (Å²) in [5.74, 6) is -1.17. The molecule has 0 aliphatic heterocycles. The van der Waals surface area contributed by atoms with Crippen molar-refractivity contribution >= 4 is 28.6 Å². The average Bonchev–Trinajstić information content (AvgIpc) is 3.13. The zero-order valence-electron chi connectivity index (χ0n) is 16.7. The van der Waals surface area contributed by atoms with Gasteiger partial charge in [-0.3, -0.25) is 19.5 Å². The molecule has 0 fully saturated rings. The molecule has 1 heterocycles. The van der Waals surface area contributed by atoms with E-state index in [1.807, 2.05) is 51.1 Å². The molecule has 7 nitrogen and oxygen atoms in total. The van der Waals surface area contributed by atoms with E-state index in [1.165, 1.54) is 0 Å². The number of hydrogen-bond acceptors (Lipinski definition) is 5. The molecule has 0 atom stereocenters. The molecule has 29 heavy (non-hydrogen) atoms. The number of esters is 1. The molecule has 0 spiro atoms. The predicted molar refractivity (Wildman–Crippen MR) is 109 cm³/mol. The molecule has 3 aromatic rings. The van der Waals surface area contributed by atoms with Gasteiger partial charge in [0.15, 0.2) is 12.3 Å². The Balaban J connectivity index is 1.47. The lowest BCUT2D eigenvalue weighted by atomic mass is 9.98. The van der Waals surface area contributed by atoms with Crippen LogP contribution in [0.2, 0.25) is 0 Å². The van der Waals surface area contributed by atoms with Gasteiger partial charge in [0.25, 0.3) is 5.91 Å². The average molecular weight is 393 g/mol. The summed E-state index contributed by atoms with van der Waals surface area (Å²) in [6.45, 7) is 5.55. The first-order chi connectivity index (χ1) is 13.9. The van der Waals surface area contributed by atoms with Gasteiger partial charge in [-0.1, -0.05) is 24.3 Å². The normalized spacial score (nSPS) is 10.7. The number of carbonyl (C=O) groups is 3. The minimum atomic E-state index is -0.549. The second-order valence-corrected chi connectivity index (χ2v) is 6.96. The van der Waals surface area contributed by atoms with Crippen LogP contribution in [0.3, 0.4) is 0 Å². The third-order valence-corrected chi connectivity index (χ3v) is 4.81. The first-order valence-corrected chi connectivity index (χ1v) is 9.35.